The first-order valence-corrected chi connectivity index (χ1v) is 16.1. The Kier molecular flexibility index (Phi) is 15.4. The highest BCUT2D eigenvalue weighted by atomic mass is 16.5. The standard InChI is InChI=1S/C39H48O7.2CH2O/c1-24-15-32(16-25(2)35(24)41)38(3,4)30-9-11-31(12-10-30)39(5,33-17-26(13-14-40)36(42)27(18-33)21-44-6)34-19-28(22-45-7)37(43)29(20-34)23-46-8;2*1-2/h9-12,15-20,40-43H,13-14,21-23H2,1-8H3;2*1H2. The molecular weight excluding hydrogens is 636 g/mol. The molecule has 0 heterocycles. The number of methoxy groups -OCH3 is 3. The number of phenolic OH excluding ortho intramolecular Hbond substituents is 3. The Bertz CT molecular complexity index is 1570. The minimum atomic E-state index is -0.770. The summed E-state index contributed by atoms with van der Waals surface area (Å²) in [5, 5.41) is 42.4. The molecule has 0 radical (unpaired) electrons. The van der Waals surface area contributed by atoms with Crippen LogP contribution in [0.25, 0.3) is 0 Å². The number of aryl methyl sites for hydroxylation is 2. The number of aliphatic hydroxyl groups is 1. The maximum atomic E-state index is 11.1. The molecule has 9 heteroatoms. The zero-order valence-electron chi connectivity index (χ0n) is 30.6. The lowest BCUT2D eigenvalue weighted by molar-refractivity contribution is -0.0987. The minimum Gasteiger partial charge on any atom is -0.507 e. The molecule has 50 heavy (non-hydrogen) atoms. The molecule has 9 nitrogen and oxygen atoms in total. The van der Waals surface area contributed by atoms with Crippen LogP contribution in [-0.4, -0.2) is 61.9 Å². The highest BCUT2D eigenvalue weighted by molar-refractivity contribution is 5.58. The lowest BCUT2D eigenvalue weighted by Gasteiger charge is -2.35. The van der Waals surface area contributed by atoms with Gasteiger partial charge in [0.05, 0.1) is 19.8 Å². The molecule has 1 unspecified atom stereocenters. The van der Waals surface area contributed by atoms with Gasteiger partial charge in [-0.25, -0.2) is 0 Å². The van der Waals surface area contributed by atoms with Gasteiger partial charge in [0.25, 0.3) is 0 Å². The first kappa shape index (κ1) is 41.6. The number of benzene rings is 4. The molecule has 0 bridgehead atoms. The van der Waals surface area contributed by atoms with E-state index in [1.165, 1.54) is 0 Å². The molecule has 0 aliphatic rings. The third kappa shape index (κ3) is 8.60. The van der Waals surface area contributed by atoms with Crippen LogP contribution < -0.4 is 0 Å². The van der Waals surface area contributed by atoms with E-state index in [0.717, 1.165) is 38.9 Å². The number of phenols is 3. The Hall–Kier alpha value is -4.54. The van der Waals surface area contributed by atoms with Gasteiger partial charge in [-0.05, 0) is 89.9 Å². The van der Waals surface area contributed by atoms with Crippen LogP contribution in [0, 0.1) is 13.8 Å². The quantitative estimate of drug-likeness (QED) is 0.113. The summed E-state index contributed by atoms with van der Waals surface area (Å²) >= 11 is 0. The monoisotopic (exact) mass is 688 g/mol. The molecule has 4 N–H and O–H groups in total. The van der Waals surface area contributed by atoms with Gasteiger partial charge in [0.2, 0.25) is 0 Å². The summed E-state index contributed by atoms with van der Waals surface area (Å²) in [4.78, 5) is 16.0. The summed E-state index contributed by atoms with van der Waals surface area (Å²) in [5.74, 6) is 0.574. The lowest BCUT2D eigenvalue weighted by atomic mass is 9.68. The Balaban J connectivity index is 0.00000209. The van der Waals surface area contributed by atoms with Gasteiger partial charge >= 0.3 is 0 Å². The Morgan fingerprint density at radius 1 is 0.540 bits per heavy atom. The number of hydrogen-bond acceptors (Lipinski definition) is 9. The predicted molar refractivity (Wildman–Crippen MR) is 195 cm³/mol. The largest absolute Gasteiger partial charge is 0.507 e. The van der Waals surface area contributed by atoms with Crippen molar-refractivity contribution in [3.8, 4) is 17.2 Å². The maximum absolute atomic E-state index is 11.1. The summed E-state index contributed by atoms with van der Waals surface area (Å²) in [5.41, 5.74) is 8.13. The SMILES string of the molecule is C=O.C=O.COCc1cc(C(C)(c2ccc(C(C)(C)c3cc(C)c(O)c(C)c3)cc2)c2cc(COC)c(O)c(COC)c2)cc(CCO)c1O. The van der Waals surface area contributed by atoms with Gasteiger partial charge in [0, 0.05) is 55.5 Å². The van der Waals surface area contributed by atoms with Crippen molar-refractivity contribution in [1.29, 1.82) is 0 Å². The Morgan fingerprint density at radius 2 is 0.900 bits per heavy atom. The number of aliphatic hydroxyl groups excluding tert-OH is 1. The van der Waals surface area contributed by atoms with Crippen LogP contribution in [0.5, 0.6) is 17.2 Å². The van der Waals surface area contributed by atoms with Crippen LogP contribution in [-0.2, 0) is 60.9 Å². The van der Waals surface area contributed by atoms with Gasteiger partial charge in [-0.15, -0.1) is 0 Å². The molecule has 0 amide bonds. The molecule has 0 spiro atoms. The van der Waals surface area contributed by atoms with Crippen LogP contribution in [0.1, 0.15) is 82.0 Å². The molecule has 0 aromatic heterocycles. The second-order valence-corrected chi connectivity index (χ2v) is 12.8. The normalized spacial score (nSPS) is 12.3. The average Bonchev–Trinajstić information content (AvgIpc) is 3.12. The maximum Gasteiger partial charge on any atom is 0.126 e. The zero-order valence-corrected chi connectivity index (χ0v) is 30.6. The van der Waals surface area contributed by atoms with Gasteiger partial charge in [-0.1, -0.05) is 56.3 Å². The van der Waals surface area contributed by atoms with Crippen LogP contribution in [0.4, 0.5) is 0 Å². The van der Waals surface area contributed by atoms with E-state index in [9.17, 15) is 20.4 Å². The highest BCUT2D eigenvalue weighted by Crippen LogP contribution is 2.45. The van der Waals surface area contributed by atoms with Gasteiger partial charge in [0.1, 0.15) is 30.8 Å². The van der Waals surface area contributed by atoms with Crippen molar-refractivity contribution >= 4 is 13.6 Å². The second kappa shape index (κ2) is 18.5. The van der Waals surface area contributed by atoms with Crippen LogP contribution in [0.15, 0.2) is 60.7 Å². The molecule has 0 saturated carbocycles. The van der Waals surface area contributed by atoms with Crippen molar-refractivity contribution in [1.82, 2.24) is 0 Å². The van der Waals surface area contributed by atoms with Gasteiger partial charge in [-0.3, -0.25) is 0 Å². The van der Waals surface area contributed by atoms with E-state index < -0.39 is 5.41 Å². The summed E-state index contributed by atoms with van der Waals surface area (Å²) in [6.07, 6.45) is 0.282. The number of rotatable bonds is 13. The molecule has 270 valence electrons. The highest BCUT2D eigenvalue weighted by Gasteiger charge is 2.35. The first-order chi connectivity index (χ1) is 23.8. The number of carbonyl (C=O) groups excluding carboxylic acids is 2. The fourth-order valence-electron chi connectivity index (χ4n) is 6.41. The third-order valence-corrected chi connectivity index (χ3v) is 9.37. The lowest BCUT2D eigenvalue weighted by Crippen LogP contribution is -2.27. The van der Waals surface area contributed by atoms with E-state index in [0.29, 0.717) is 28.0 Å². The summed E-state index contributed by atoms with van der Waals surface area (Å²) in [6.45, 7) is 14.8. The molecule has 1 atom stereocenters. The van der Waals surface area contributed by atoms with Gasteiger partial charge < -0.3 is 44.2 Å². The van der Waals surface area contributed by atoms with E-state index in [-0.39, 0.29) is 49.8 Å². The van der Waals surface area contributed by atoms with Crippen molar-refractivity contribution in [3.05, 3.63) is 122 Å². The molecule has 0 fully saturated rings. The molecule has 4 aromatic carbocycles. The first-order valence-electron chi connectivity index (χ1n) is 16.1. The topological polar surface area (TPSA) is 143 Å². The molecule has 4 rings (SSSR count). The molecular formula is C41H52O9. The smallest absolute Gasteiger partial charge is 0.126 e. The second-order valence-electron chi connectivity index (χ2n) is 12.8. The average molecular weight is 689 g/mol. The van der Waals surface area contributed by atoms with Gasteiger partial charge in [-0.2, -0.15) is 0 Å². The molecule has 0 aliphatic carbocycles. The predicted octanol–water partition coefficient (Wildman–Crippen LogP) is 6.70. The summed E-state index contributed by atoms with van der Waals surface area (Å²) in [7, 11) is 4.77. The van der Waals surface area contributed by atoms with E-state index in [2.05, 4.69) is 45.0 Å². The number of aromatic hydroxyl groups is 3. The van der Waals surface area contributed by atoms with E-state index in [1.54, 1.807) is 21.3 Å². The number of ether oxygens (including phenoxy) is 3. The minimum absolute atomic E-state index is 0.115. The van der Waals surface area contributed by atoms with Crippen molar-refractivity contribution in [3.63, 3.8) is 0 Å². The van der Waals surface area contributed by atoms with Crippen LogP contribution in [0.2, 0.25) is 0 Å². The van der Waals surface area contributed by atoms with Gasteiger partial charge in [0.15, 0.2) is 0 Å². The van der Waals surface area contributed by atoms with E-state index >= 15 is 0 Å². The summed E-state index contributed by atoms with van der Waals surface area (Å²) < 4.78 is 16.4. The third-order valence-electron chi connectivity index (χ3n) is 9.37. The number of carbonyl (C=O) groups is 2. The molecule has 0 saturated heterocycles. The van der Waals surface area contributed by atoms with Crippen molar-refractivity contribution in [2.75, 3.05) is 27.9 Å². The van der Waals surface area contributed by atoms with Crippen molar-refractivity contribution in [2.45, 2.75) is 71.7 Å². The fraction of sp³-hybridized carbons (Fsp3) is 0.366. The molecule has 0 aliphatic heterocycles. The zero-order chi connectivity index (χ0) is 37.8. The van der Waals surface area contributed by atoms with Crippen LogP contribution >= 0.6 is 0 Å². The van der Waals surface area contributed by atoms with Crippen molar-refractivity contribution in [2.24, 2.45) is 0 Å². The van der Waals surface area contributed by atoms with Crippen molar-refractivity contribution < 1.29 is 44.2 Å². The van der Waals surface area contributed by atoms with E-state index in [4.69, 9.17) is 23.8 Å². The fourth-order valence-corrected chi connectivity index (χ4v) is 6.41. The Morgan fingerprint density at radius 3 is 1.28 bits per heavy atom. The number of hydrogen-bond donors (Lipinski definition) is 4. The summed E-state index contributed by atoms with van der Waals surface area (Å²) in [6, 6.07) is 20.5. The van der Waals surface area contributed by atoms with E-state index in [1.807, 2.05) is 63.8 Å². The Labute approximate surface area is 296 Å². The van der Waals surface area contributed by atoms with Crippen LogP contribution in [0.3, 0.4) is 0 Å². The molecule has 4 aromatic rings.